The lowest BCUT2D eigenvalue weighted by Crippen LogP contribution is -2.43. The van der Waals surface area contributed by atoms with Crippen molar-refractivity contribution in [2.24, 2.45) is 11.7 Å². The Morgan fingerprint density at radius 1 is 1.21 bits per heavy atom. The summed E-state index contributed by atoms with van der Waals surface area (Å²) in [5.41, 5.74) is 8.06. The van der Waals surface area contributed by atoms with Gasteiger partial charge >= 0.3 is 5.97 Å². The molecule has 2 atom stereocenters. The molecule has 1 aromatic heterocycles. The molecular formula is C20H30N2O2. The molecule has 4 heteroatoms. The van der Waals surface area contributed by atoms with Crippen LogP contribution in [0.4, 0.5) is 0 Å². The van der Waals surface area contributed by atoms with Crippen molar-refractivity contribution in [3.05, 3.63) is 36.0 Å². The van der Waals surface area contributed by atoms with Gasteiger partial charge in [-0.1, -0.05) is 44.9 Å². The Kier molecular flexibility index (Phi) is 5.70. The van der Waals surface area contributed by atoms with Crippen molar-refractivity contribution in [3.8, 4) is 0 Å². The third kappa shape index (κ3) is 3.99. The minimum atomic E-state index is -0.673. The van der Waals surface area contributed by atoms with Gasteiger partial charge in [0.25, 0.3) is 0 Å². The number of hydrogen-bond acceptors (Lipinski definition) is 3. The zero-order valence-corrected chi connectivity index (χ0v) is 15.4. The lowest BCUT2D eigenvalue weighted by molar-refractivity contribution is -0.157. The number of rotatable bonds is 6. The fraction of sp³-hybridized carbons (Fsp3) is 0.550. The van der Waals surface area contributed by atoms with Crippen LogP contribution in [0, 0.1) is 5.92 Å². The second-order valence-corrected chi connectivity index (χ2v) is 7.45. The van der Waals surface area contributed by atoms with Crippen LogP contribution in [0.5, 0.6) is 0 Å². The van der Waals surface area contributed by atoms with E-state index in [0.29, 0.717) is 5.92 Å². The van der Waals surface area contributed by atoms with Gasteiger partial charge in [-0.25, -0.2) is 0 Å². The number of carbonyl (C=O) groups is 1. The Morgan fingerprint density at radius 3 is 2.42 bits per heavy atom. The smallest absolute Gasteiger partial charge is 0.324 e. The normalized spacial score (nSPS) is 14.8. The molecule has 0 radical (unpaired) electrons. The number of nitrogens with two attached hydrogens (primary N) is 1. The van der Waals surface area contributed by atoms with Gasteiger partial charge in [0, 0.05) is 23.0 Å². The van der Waals surface area contributed by atoms with Crippen LogP contribution in [0.3, 0.4) is 0 Å². The van der Waals surface area contributed by atoms with E-state index in [-0.39, 0.29) is 11.9 Å². The predicted octanol–water partition coefficient (Wildman–Crippen LogP) is 4.36. The highest BCUT2D eigenvalue weighted by atomic mass is 16.6. The van der Waals surface area contributed by atoms with E-state index in [1.807, 2.05) is 45.2 Å². The standard InChI is InChI=1S/C20H30N2O2/c1-6-13(7-2)17(18(21)19(23)24-20(3,4)5)15-12-22-16-11-9-8-10-14(15)16/h8-13,17-18,22H,6-7,21H2,1-5H3/t17-,18+/m1/s1. The van der Waals surface area contributed by atoms with Crippen molar-refractivity contribution in [2.75, 3.05) is 0 Å². The average Bonchev–Trinajstić information content (AvgIpc) is 2.94. The number of carbonyl (C=O) groups excluding carboxylic acids is 1. The number of esters is 1. The van der Waals surface area contributed by atoms with Gasteiger partial charge in [-0.2, -0.15) is 0 Å². The molecule has 132 valence electrons. The number of hydrogen-bond donors (Lipinski definition) is 2. The van der Waals surface area contributed by atoms with Crippen molar-refractivity contribution in [1.29, 1.82) is 0 Å². The molecule has 0 amide bonds. The molecule has 1 aromatic carbocycles. The molecule has 0 fully saturated rings. The quantitative estimate of drug-likeness (QED) is 0.773. The molecule has 0 bridgehead atoms. The molecule has 1 heterocycles. The number of nitrogens with one attached hydrogen (secondary N) is 1. The van der Waals surface area contributed by atoms with Crippen LogP contribution in [-0.4, -0.2) is 22.6 Å². The first kappa shape index (κ1) is 18.5. The highest BCUT2D eigenvalue weighted by molar-refractivity contribution is 5.85. The third-order valence-electron chi connectivity index (χ3n) is 4.60. The highest BCUT2D eigenvalue weighted by Crippen LogP contribution is 2.36. The highest BCUT2D eigenvalue weighted by Gasteiger charge is 2.35. The Balaban J connectivity index is 2.43. The summed E-state index contributed by atoms with van der Waals surface area (Å²) < 4.78 is 5.56. The van der Waals surface area contributed by atoms with Crippen LogP contribution < -0.4 is 5.73 Å². The maximum Gasteiger partial charge on any atom is 0.324 e. The number of fused-ring (bicyclic) bond motifs is 1. The summed E-state index contributed by atoms with van der Waals surface area (Å²) in [6, 6.07) is 7.47. The first-order valence-corrected chi connectivity index (χ1v) is 8.83. The van der Waals surface area contributed by atoms with Crippen molar-refractivity contribution < 1.29 is 9.53 Å². The first-order valence-electron chi connectivity index (χ1n) is 8.83. The Hall–Kier alpha value is -1.81. The van der Waals surface area contributed by atoms with Crippen molar-refractivity contribution in [3.63, 3.8) is 0 Å². The van der Waals surface area contributed by atoms with E-state index in [9.17, 15) is 4.79 Å². The largest absolute Gasteiger partial charge is 0.459 e. The lowest BCUT2D eigenvalue weighted by atomic mass is 9.78. The van der Waals surface area contributed by atoms with Crippen LogP contribution >= 0.6 is 0 Å². The van der Waals surface area contributed by atoms with Gasteiger partial charge < -0.3 is 15.5 Å². The molecular weight excluding hydrogens is 300 g/mol. The van der Waals surface area contributed by atoms with Gasteiger partial charge in [-0.05, 0) is 38.3 Å². The Labute approximate surface area is 144 Å². The Bertz CT molecular complexity index is 680. The fourth-order valence-corrected chi connectivity index (χ4v) is 3.42. The average molecular weight is 330 g/mol. The van der Waals surface area contributed by atoms with Crippen LogP contribution in [-0.2, 0) is 9.53 Å². The van der Waals surface area contributed by atoms with E-state index in [1.54, 1.807) is 0 Å². The van der Waals surface area contributed by atoms with Crippen LogP contribution in [0.25, 0.3) is 10.9 Å². The van der Waals surface area contributed by atoms with E-state index < -0.39 is 11.6 Å². The second-order valence-electron chi connectivity index (χ2n) is 7.45. The molecule has 0 aliphatic heterocycles. The van der Waals surface area contributed by atoms with E-state index in [0.717, 1.165) is 29.3 Å². The molecule has 0 unspecified atom stereocenters. The molecule has 2 rings (SSSR count). The van der Waals surface area contributed by atoms with E-state index >= 15 is 0 Å². The van der Waals surface area contributed by atoms with E-state index in [4.69, 9.17) is 10.5 Å². The van der Waals surface area contributed by atoms with Gasteiger partial charge in [-0.3, -0.25) is 4.79 Å². The van der Waals surface area contributed by atoms with Crippen LogP contribution in [0.1, 0.15) is 58.9 Å². The summed E-state index contributed by atoms with van der Waals surface area (Å²) >= 11 is 0. The molecule has 0 saturated carbocycles. The van der Waals surface area contributed by atoms with Gasteiger partial charge in [-0.15, -0.1) is 0 Å². The predicted molar refractivity (Wildman–Crippen MR) is 98.9 cm³/mol. The molecule has 3 N–H and O–H groups in total. The van der Waals surface area contributed by atoms with Crippen molar-refractivity contribution in [1.82, 2.24) is 4.98 Å². The Morgan fingerprint density at radius 2 is 1.83 bits per heavy atom. The topological polar surface area (TPSA) is 68.1 Å². The van der Waals surface area contributed by atoms with E-state index in [2.05, 4.69) is 24.9 Å². The summed E-state index contributed by atoms with van der Waals surface area (Å²) in [5, 5.41) is 1.13. The minimum Gasteiger partial charge on any atom is -0.459 e. The fourth-order valence-electron chi connectivity index (χ4n) is 3.42. The molecule has 0 saturated heterocycles. The van der Waals surface area contributed by atoms with Gasteiger partial charge in [0.15, 0.2) is 0 Å². The van der Waals surface area contributed by atoms with Gasteiger partial charge in [0.05, 0.1) is 0 Å². The van der Waals surface area contributed by atoms with Crippen LogP contribution in [0.2, 0.25) is 0 Å². The van der Waals surface area contributed by atoms with E-state index in [1.165, 1.54) is 0 Å². The minimum absolute atomic E-state index is 0.0639. The number of H-pyrrole nitrogens is 1. The summed E-state index contributed by atoms with van der Waals surface area (Å²) in [7, 11) is 0. The number of ether oxygens (including phenoxy) is 1. The third-order valence-corrected chi connectivity index (χ3v) is 4.60. The van der Waals surface area contributed by atoms with Gasteiger partial charge in [0.2, 0.25) is 0 Å². The molecule has 24 heavy (non-hydrogen) atoms. The summed E-state index contributed by atoms with van der Waals surface area (Å²) in [6.45, 7) is 9.91. The first-order chi connectivity index (χ1) is 11.3. The number of aromatic nitrogens is 1. The maximum absolute atomic E-state index is 12.6. The second kappa shape index (κ2) is 7.39. The molecule has 2 aromatic rings. The summed E-state index contributed by atoms with van der Waals surface area (Å²) in [5.74, 6) is -0.0672. The van der Waals surface area contributed by atoms with Gasteiger partial charge in [0.1, 0.15) is 11.6 Å². The molecule has 4 nitrogen and oxygen atoms in total. The number of para-hydroxylation sites is 1. The van der Waals surface area contributed by atoms with Crippen molar-refractivity contribution >= 4 is 16.9 Å². The SMILES string of the molecule is CCC(CC)[C@H](c1c[nH]c2ccccc12)[C@H](N)C(=O)OC(C)(C)C. The maximum atomic E-state index is 12.6. The zero-order chi connectivity index (χ0) is 17.9. The molecule has 0 aliphatic carbocycles. The van der Waals surface area contributed by atoms with Crippen LogP contribution in [0.15, 0.2) is 30.5 Å². The molecule has 0 spiro atoms. The number of benzene rings is 1. The monoisotopic (exact) mass is 330 g/mol. The van der Waals surface area contributed by atoms with Crippen molar-refractivity contribution in [2.45, 2.75) is 65.0 Å². The molecule has 0 aliphatic rings. The summed E-state index contributed by atoms with van der Waals surface area (Å²) in [6.07, 6.45) is 3.94. The lowest BCUT2D eigenvalue weighted by Gasteiger charge is -2.31. The number of aromatic amines is 1. The summed E-state index contributed by atoms with van der Waals surface area (Å²) in [4.78, 5) is 15.9. The zero-order valence-electron chi connectivity index (χ0n) is 15.4.